The number of rotatable bonds is 4. The van der Waals surface area contributed by atoms with Crippen LogP contribution in [0.15, 0.2) is 24.3 Å². The molecular formula is C17H23N3. The van der Waals surface area contributed by atoms with E-state index in [1.54, 1.807) is 0 Å². The van der Waals surface area contributed by atoms with Gasteiger partial charge in [-0.15, -0.1) is 0 Å². The van der Waals surface area contributed by atoms with Gasteiger partial charge >= 0.3 is 0 Å². The second-order valence-corrected chi connectivity index (χ2v) is 6.35. The summed E-state index contributed by atoms with van der Waals surface area (Å²) < 4.78 is 2.52. The maximum absolute atomic E-state index is 4.91. The highest BCUT2D eigenvalue weighted by Gasteiger charge is 2.28. The molecule has 3 heteroatoms. The normalized spacial score (nSPS) is 20.6. The van der Waals surface area contributed by atoms with Crippen LogP contribution in [-0.2, 0) is 6.42 Å². The summed E-state index contributed by atoms with van der Waals surface area (Å²) in [6, 6.07) is 9.35. The predicted molar refractivity (Wildman–Crippen MR) is 81.9 cm³/mol. The molecule has 0 amide bonds. The first-order valence-electron chi connectivity index (χ1n) is 8.08. The summed E-state index contributed by atoms with van der Waals surface area (Å²) >= 11 is 0. The predicted octanol–water partition coefficient (Wildman–Crippen LogP) is 3.30. The largest absolute Gasteiger partial charge is 0.325 e. The lowest BCUT2D eigenvalue weighted by Gasteiger charge is -2.22. The highest BCUT2D eigenvalue weighted by Crippen LogP contribution is 2.39. The van der Waals surface area contributed by atoms with Crippen molar-refractivity contribution in [2.24, 2.45) is 5.92 Å². The van der Waals surface area contributed by atoms with E-state index in [-0.39, 0.29) is 0 Å². The van der Waals surface area contributed by atoms with Gasteiger partial charge in [0.1, 0.15) is 5.82 Å². The van der Waals surface area contributed by atoms with Crippen molar-refractivity contribution in [2.75, 3.05) is 13.1 Å². The van der Waals surface area contributed by atoms with Crippen molar-refractivity contribution in [3.05, 3.63) is 30.1 Å². The number of piperidine rings is 1. The molecule has 4 rings (SSSR count). The van der Waals surface area contributed by atoms with E-state index >= 15 is 0 Å². The van der Waals surface area contributed by atoms with Crippen molar-refractivity contribution in [1.29, 1.82) is 0 Å². The highest BCUT2D eigenvalue weighted by molar-refractivity contribution is 5.76. The molecule has 3 nitrogen and oxygen atoms in total. The van der Waals surface area contributed by atoms with Gasteiger partial charge in [-0.2, -0.15) is 0 Å². The van der Waals surface area contributed by atoms with E-state index in [1.165, 1.54) is 62.1 Å². The molecule has 1 aliphatic heterocycles. The number of hydrogen-bond donors (Lipinski definition) is 1. The molecule has 106 valence electrons. The van der Waals surface area contributed by atoms with E-state index in [9.17, 15) is 0 Å². The Morgan fingerprint density at radius 2 is 1.90 bits per heavy atom. The summed E-state index contributed by atoms with van der Waals surface area (Å²) in [7, 11) is 0. The number of imidazole rings is 1. The summed E-state index contributed by atoms with van der Waals surface area (Å²) in [4.78, 5) is 4.91. The molecule has 0 spiro atoms. The third kappa shape index (κ3) is 2.35. The topological polar surface area (TPSA) is 29.9 Å². The first-order chi connectivity index (χ1) is 9.92. The Hall–Kier alpha value is -1.35. The fourth-order valence-electron chi connectivity index (χ4n) is 3.51. The number of aromatic nitrogens is 2. The van der Waals surface area contributed by atoms with Crippen molar-refractivity contribution in [1.82, 2.24) is 14.9 Å². The maximum Gasteiger partial charge on any atom is 0.110 e. The summed E-state index contributed by atoms with van der Waals surface area (Å²) in [5, 5.41) is 3.45. The molecule has 0 radical (unpaired) electrons. The van der Waals surface area contributed by atoms with Gasteiger partial charge in [-0.3, -0.25) is 0 Å². The standard InChI is InChI=1S/C17H23N3/c1-2-4-16-15(3-1)19-17(20(16)14-6-7-14)8-5-13-9-11-18-12-10-13/h1-4,13-14,18H,5-12H2. The van der Waals surface area contributed by atoms with Crippen LogP contribution in [0.2, 0.25) is 0 Å². The fourth-order valence-corrected chi connectivity index (χ4v) is 3.51. The molecule has 20 heavy (non-hydrogen) atoms. The average molecular weight is 269 g/mol. The van der Waals surface area contributed by atoms with E-state index in [2.05, 4.69) is 34.1 Å². The number of fused-ring (bicyclic) bond motifs is 1. The molecule has 2 aliphatic rings. The van der Waals surface area contributed by atoms with Gasteiger partial charge in [0, 0.05) is 12.5 Å². The average Bonchev–Trinajstić information content (AvgIpc) is 3.27. The van der Waals surface area contributed by atoms with Gasteiger partial charge in [0.25, 0.3) is 0 Å². The Morgan fingerprint density at radius 3 is 2.70 bits per heavy atom. The van der Waals surface area contributed by atoms with Gasteiger partial charge < -0.3 is 9.88 Å². The quantitative estimate of drug-likeness (QED) is 0.923. The van der Waals surface area contributed by atoms with Gasteiger partial charge in [-0.1, -0.05) is 12.1 Å². The second kappa shape index (κ2) is 5.21. The lowest BCUT2D eigenvalue weighted by atomic mass is 9.93. The van der Waals surface area contributed by atoms with Crippen LogP contribution in [0.4, 0.5) is 0 Å². The lowest BCUT2D eigenvalue weighted by Crippen LogP contribution is -2.28. The first kappa shape index (κ1) is 12.4. The molecule has 2 heterocycles. The fraction of sp³-hybridized carbons (Fsp3) is 0.588. The zero-order valence-corrected chi connectivity index (χ0v) is 12.0. The Kier molecular flexibility index (Phi) is 3.23. The van der Waals surface area contributed by atoms with Crippen molar-refractivity contribution in [3.8, 4) is 0 Å². The van der Waals surface area contributed by atoms with Gasteiger partial charge in [0.2, 0.25) is 0 Å². The van der Waals surface area contributed by atoms with Crippen LogP contribution in [0.25, 0.3) is 11.0 Å². The molecule has 1 aromatic carbocycles. The van der Waals surface area contributed by atoms with Gasteiger partial charge in [-0.05, 0) is 63.2 Å². The third-order valence-electron chi connectivity index (χ3n) is 4.82. The lowest BCUT2D eigenvalue weighted by molar-refractivity contribution is 0.351. The molecule has 0 atom stereocenters. The SMILES string of the molecule is c1ccc2c(c1)nc(CCC1CCNCC1)n2C1CC1. The van der Waals surface area contributed by atoms with Crippen LogP contribution in [0.5, 0.6) is 0 Å². The smallest absolute Gasteiger partial charge is 0.110 e. The minimum atomic E-state index is 0.727. The number of aryl methyl sites for hydroxylation is 1. The Bertz CT molecular complexity index is 591. The summed E-state index contributed by atoms with van der Waals surface area (Å²) in [6.07, 6.45) is 7.79. The van der Waals surface area contributed by atoms with Crippen LogP contribution >= 0.6 is 0 Å². The molecule has 1 saturated carbocycles. The molecule has 0 unspecified atom stereocenters. The zero-order chi connectivity index (χ0) is 13.4. The van der Waals surface area contributed by atoms with E-state index < -0.39 is 0 Å². The number of hydrogen-bond acceptors (Lipinski definition) is 2. The Balaban J connectivity index is 1.57. The van der Waals surface area contributed by atoms with E-state index in [1.807, 2.05) is 0 Å². The monoisotopic (exact) mass is 269 g/mol. The minimum absolute atomic E-state index is 0.727. The summed E-state index contributed by atoms with van der Waals surface area (Å²) in [5.74, 6) is 2.22. The number of nitrogens with zero attached hydrogens (tertiary/aromatic N) is 2. The van der Waals surface area contributed by atoms with Gasteiger partial charge in [0.15, 0.2) is 0 Å². The van der Waals surface area contributed by atoms with E-state index in [0.29, 0.717) is 0 Å². The molecule has 1 saturated heterocycles. The highest BCUT2D eigenvalue weighted by atomic mass is 15.1. The van der Waals surface area contributed by atoms with Crippen molar-refractivity contribution >= 4 is 11.0 Å². The van der Waals surface area contributed by atoms with Crippen LogP contribution in [0, 0.1) is 5.92 Å². The van der Waals surface area contributed by atoms with Crippen LogP contribution < -0.4 is 5.32 Å². The first-order valence-corrected chi connectivity index (χ1v) is 8.08. The van der Waals surface area contributed by atoms with E-state index in [0.717, 1.165) is 18.4 Å². The maximum atomic E-state index is 4.91. The van der Waals surface area contributed by atoms with Crippen molar-refractivity contribution in [2.45, 2.75) is 44.6 Å². The van der Waals surface area contributed by atoms with Crippen molar-refractivity contribution < 1.29 is 0 Å². The van der Waals surface area contributed by atoms with Gasteiger partial charge in [0.05, 0.1) is 11.0 Å². The summed E-state index contributed by atoms with van der Waals surface area (Å²) in [6.45, 7) is 2.40. The van der Waals surface area contributed by atoms with Crippen molar-refractivity contribution in [3.63, 3.8) is 0 Å². The zero-order valence-electron chi connectivity index (χ0n) is 12.0. The van der Waals surface area contributed by atoms with Gasteiger partial charge in [-0.25, -0.2) is 4.98 Å². The molecule has 1 N–H and O–H groups in total. The number of para-hydroxylation sites is 2. The van der Waals surface area contributed by atoms with Crippen LogP contribution in [-0.4, -0.2) is 22.6 Å². The number of nitrogens with one attached hydrogen (secondary N) is 1. The molecule has 2 fully saturated rings. The molecular weight excluding hydrogens is 246 g/mol. The minimum Gasteiger partial charge on any atom is -0.325 e. The Morgan fingerprint density at radius 1 is 1.10 bits per heavy atom. The van der Waals surface area contributed by atoms with Crippen LogP contribution in [0.3, 0.4) is 0 Å². The van der Waals surface area contributed by atoms with Crippen LogP contribution in [0.1, 0.15) is 44.0 Å². The Labute approximate surface area is 120 Å². The molecule has 1 aromatic heterocycles. The third-order valence-corrected chi connectivity index (χ3v) is 4.82. The molecule has 0 bridgehead atoms. The number of benzene rings is 1. The second-order valence-electron chi connectivity index (χ2n) is 6.35. The summed E-state index contributed by atoms with van der Waals surface area (Å²) in [5.41, 5.74) is 2.52. The molecule has 1 aliphatic carbocycles. The molecule has 2 aromatic rings. The van der Waals surface area contributed by atoms with E-state index in [4.69, 9.17) is 4.98 Å².